The zero-order valence-electron chi connectivity index (χ0n) is 14.8. The van der Waals surface area contributed by atoms with Crippen molar-refractivity contribution in [2.75, 3.05) is 13.1 Å². The van der Waals surface area contributed by atoms with Gasteiger partial charge in [-0.15, -0.1) is 0 Å². The van der Waals surface area contributed by atoms with Crippen LogP contribution in [-0.2, 0) is 11.2 Å². The lowest BCUT2D eigenvalue weighted by Crippen LogP contribution is -2.35. The molecule has 0 spiro atoms. The molecule has 0 radical (unpaired) electrons. The van der Waals surface area contributed by atoms with Crippen molar-refractivity contribution in [2.45, 2.75) is 19.8 Å². The van der Waals surface area contributed by atoms with Crippen LogP contribution in [0.4, 0.5) is 0 Å². The first-order valence-electron chi connectivity index (χ1n) is 8.89. The smallest absolute Gasteiger partial charge is 0.227 e. The van der Waals surface area contributed by atoms with Crippen molar-refractivity contribution >= 4 is 34.0 Å². The topological polar surface area (TPSA) is 36.1 Å². The van der Waals surface area contributed by atoms with Crippen LogP contribution in [-0.4, -0.2) is 28.9 Å². The summed E-state index contributed by atoms with van der Waals surface area (Å²) in [5.74, 6) is 0.186. The van der Waals surface area contributed by atoms with Gasteiger partial charge in [-0.3, -0.25) is 4.79 Å². The highest BCUT2D eigenvalue weighted by Gasteiger charge is 2.19. The molecule has 1 aliphatic rings. The molecule has 3 nitrogen and oxygen atoms in total. The molecule has 0 saturated heterocycles. The molecule has 0 fully saturated rings. The number of amides is 1. The lowest BCUT2D eigenvalue weighted by molar-refractivity contribution is -0.130. The first-order chi connectivity index (χ1) is 12.6. The summed E-state index contributed by atoms with van der Waals surface area (Å²) in [5.41, 5.74) is 5.83. The number of carbonyl (C=O) groups excluding carboxylic acids is 1. The molecule has 3 aromatic rings. The Kier molecular flexibility index (Phi) is 4.56. The quantitative estimate of drug-likeness (QED) is 0.698. The molecule has 132 valence electrons. The molecule has 2 aromatic carbocycles. The molecular weight excluding hydrogens is 344 g/mol. The van der Waals surface area contributed by atoms with Crippen LogP contribution in [0.1, 0.15) is 23.1 Å². The van der Waals surface area contributed by atoms with Gasteiger partial charge in [0.05, 0.1) is 6.42 Å². The number of hydrogen-bond donors (Lipinski definition) is 1. The van der Waals surface area contributed by atoms with Gasteiger partial charge < -0.3 is 9.88 Å². The number of aromatic nitrogens is 1. The monoisotopic (exact) mass is 364 g/mol. The molecule has 0 bridgehead atoms. The van der Waals surface area contributed by atoms with Crippen molar-refractivity contribution in [1.82, 2.24) is 9.88 Å². The normalized spacial score (nSPS) is 14.5. The zero-order chi connectivity index (χ0) is 18.1. The second-order valence-electron chi connectivity index (χ2n) is 6.87. The van der Waals surface area contributed by atoms with Gasteiger partial charge in [-0.05, 0) is 42.7 Å². The summed E-state index contributed by atoms with van der Waals surface area (Å²) >= 11 is 6.15. The summed E-state index contributed by atoms with van der Waals surface area (Å²) in [7, 11) is 0. The van der Waals surface area contributed by atoms with E-state index in [1.807, 2.05) is 41.4 Å². The van der Waals surface area contributed by atoms with E-state index in [-0.39, 0.29) is 5.91 Å². The van der Waals surface area contributed by atoms with E-state index >= 15 is 0 Å². The Morgan fingerprint density at radius 2 is 2.00 bits per heavy atom. The molecule has 4 rings (SSSR count). The summed E-state index contributed by atoms with van der Waals surface area (Å²) < 4.78 is 0. The molecule has 1 aromatic heterocycles. The summed E-state index contributed by atoms with van der Waals surface area (Å²) in [6.45, 7) is 3.47. The number of aromatic amines is 1. The number of carbonyl (C=O) groups is 1. The first-order valence-corrected chi connectivity index (χ1v) is 9.27. The molecule has 1 amide bonds. The average molecular weight is 365 g/mol. The highest BCUT2D eigenvalue weighted by Crippen LogP contribution is 2.31. The van der Waals surface area contributed by atoms with E-state index in [2.05, 4.69) is 30.1 Å². The molecule has 2 heterocycles. The van der Waals surface area contributed by atoms with Crippen LogP contribution >= 0.6 is 11.6 Å². The fourth-order valence-electron chi connectivity index (χ4n) is 3.49. The number of nitrogens with zero attached hydrogens (tertiary/aromatic N) is 1. The van der Waals surface area contributed by atoms with Gasteiger partial charge in [-0.2, -0.15) is 0 Å². The van der Waals surface area contributed by atoms with Gasteiger partial charge in [-0.25, -0.2) is 0 Å². The molecule has 0 unspecified atom stereocenters. The minimum Gasteiger partial charge on any atom is -0.361 e. The summed E-state index contributed by atoms with van der Waals surface area (Å²) in [6, 6.07) is 14.1. The van der Waals surface area contributed by atoms with Gasteiger partial charge in [0.2, 0.25) is 5.91 Å². The van der Waals surface area contributed by atoms with E-state index in [0.717, 1.165) is 34.5 Å². The van der Waals surface area contributed by atoms with Crippen LogP contribution in [0.2, 0.25) is 5.02 Å². The lowest BCUT2D eigenvalue weighted by Gasteiger charge is -2.26. The predicted molar refractivity (Wildman–Crippen MR) is 107 cm³/mol. The standard InChI is InChI=1S/C22H21ClN2O/c1-15-2-4-16(5-3-15)12-22(26)25-10-8-17(9-11-25)20-14-24-21-7-6-18(23)13-19(20)21/h2-8,13-14,24H,9-12H2,1H3. The molecule has 1 N–H and O–H groups in total. The third-order valence-electron chi connectivity index (χ3n) is 5.03. The number of benzene rings is 2. The Bertz CT molecular complexity index is 985. The highest BCUT2D eigenvalue weighted by atomic mass is 35.5. The second-order valence-corrected chi connectivity index (χ2v) is 7.31. The fraction of sp³-hybridized carbons (Fsp3) is 0.227. The molecule has 0 saturated carbocycles. The molecule has 26 heavy (non-hydrogen) atoms. The Hall–Kier alpha value is -2.52. The average Bonchev–Trinajstić information content (AvgIpc) is 3.06. The second kappa shape index (κ2) is 7.00. The first kappa shape index (κ1) is 16.9. The van der Waals surface area contributed by atoms with Crippen molar-refractivity contribution < 1.29 is 4.79 Å². The number of hydrogen-bond acceptors (Lipinski definition) is 1. The Labute approximate surface area is 158 Å². The molecule has 0 aliphatic carbocycles. The largest absolute Gasteiger partial charge is 0.361 e. The van der Waals surface area contributed by atoms with E-state index in [0.29, 0.717) is 13.0 Å². The van der Waals surface area contributed by atoms with Crippen LogP contribution in [0.3, 0.4) is 0 Å². The van der Waals surface area contributed by atoms with Gasteiger partial charge in [0.15, 0.2) is 0 Å². The van der Waals surface area contributed by atoms with Crippen LogP contribution in [0.25, 0.3) is 16.5 Å². The van der Waals surface area contributed by atoms with Crippen molar-refractivity contribution in [2.24, 2.45) is 0 Å². The van der Waals surface area contributed by atoms with Crippen LogP contribution < -0.4 is 0 Å². The summed E-state index contributed by atoms with van der Waals surface area (Å²) in [5, 5.41) is 1.88. The van der Waals surface area contributed by atoms with E-state index in [9.17, 15) is 4.79 Å². The zero-order valence-corrected chi connectivity index (χ0v) is 15.5. The third-order valence-corrected chi connectivity index (χ3v) is 5.26. The van der Waals surface area contributed by atoms with Crippen LogP contribution in [0.5, 0.6) is 0 Å². The summed E-state index contributed by atoms with van der Waals surface area (Å²) in [6.07, 6.45) is 5.53. The molecule has 0 atom stereocenters. The van der Waals surface area contributed by atoms with Crippen molar-refractivity contribution in [3.8, 4) is 0 Å². The maximum absolute atomic E-state index is 12.6. The maximum Gasteiger partial charge on any atom is 0.227 e. The SMILES string of the molecule is Cc1ccc(CC(=O)N2CC=C(c3c[nH]c4ccc(Cl)cc34)CC2)cc1. The molecule has 4 heteroatoms. The minimum atomic E-state index is 0.186. The van der Waals surface area contributed by atoms with Gasteiger partial charge in [0.25, 0.3) is 0 Å². The van der Waals surface area contributed by atoms with Gasteiger partial charge in [-0.1, -0.05) is 47.5 Å². The molecular formula is C22H21ClN2O. The summed E-state index contributed by atoms with van der Waals surface area (Å²) in [4.78, 5) is 17.8. The van der Waals surface area contributed by atoms with E-state index in [4.69, 9.17) is 11.6 Å². The van der Waals surface area contributed by atoms with E-state index in [1.165, 1.54) is 16.7 Å². The van der Waals surface area contributed by atoms with Crippen molar-refractivity contribution in [3.05, 3.63) is 76.5 Å². The number of H-pyrrole nitrogens is 1. The van der Waals surface area contributed by atoms with Crippen molar-refractivity contribution in [1.29, 1.82) is 0 Å². The number of aryl methyl sites for hydroxylation is 1. The van der Waals surface area contributed by atoms with Crippen LogP contribution in [0.15, 0.2) is 54.7 Å². The van der Waals surface area contributed by atoms with Crippen LogP contribution in [0, 0.1) is 6.92 Å². The van der Waals surface area contributed by atoms with Crippen molar-refractivity contribution in [3.63, 3.8) is 0 Å². The van der Waals surface area contributed by atoms with Gasteiger partial charge in [0, 0.05) is 40.8 Å². The highest BCUT2D eigenvalue weighted by molar-refractivity contribution is 6.31. The number of rotatable bonds is 3. The Balaban J connectivity index is 1.48. The Morgan fingerprint density at radius 3 is 2.73 bits per heavy atom. The lowest BCUT2D eigenvalue weighted by atomic mass is 9.98. The predicted octanol–water partition coefficient (Wildman–Crippen LogP) is 4.99. The van der Waals surface area contributed by atoms with Gasteiger partial charge in [0.1, 0.15) is 0 Å². The van der Waals surface area contributed by atoms with Gasteiger partial charge >= 0.3 is 0 Å². The number of nitrogens with one attached hydrogen (secondary N) is 1. The Morgan fingerprint density at radius 1 is 1.19 bits per heavy atom. The van der Waals surface area contributed by atoms with E-state index in [1.54, 1.807) is 0 Å². The molecule has 1 aliphatic heterocycles. The maximum atomic E-state index is 12.6. The minimum absolute atomic E-state index is 0.186. The fourth-order valence-corrected chi connectivity index (χ4v) is 3.66. The number of halogens is 1. The van der Waals surface area contributed by atoms with E-state index < -0.39 is 0 Å². The third kappa shape index (κ3) is 3.40. The number of fused-ring (bicyclic) bond motifs is 1.